The summed E-state index contributed by atoms with van der Waals surface area (Å²) >= 11 is 6.16. The van der Waals surface area contributed by atoms with Crippen molar-refractivity contribution in [3.8, 4) is 17.2 Å². The van der Waals surface area contributed by atoms with Gasteiger partial charge in [0.05, 0.1) is 5.02 Å². The van der Waals surface area contributed by atoms with Crippen LogP contribution < -0.4 is 20.9 Å². The summed E-state index contributed by atoms with van der Waals surface area (Å²) in [7, 11) is 0. The maximum absolute atomic E-state index is 10.9. The number of hydrogen-bond acceptors (Lipinski definition) is 4. The summed E-state index contributed by atoms with van der Waals surface area (Å²) in [6.07, 6.45) is -0.884. The molecule has 6 heteroatoms. The molecule has 0 aliphatic carbocycles. The molecule has 0 atom stereocenters. The van der Waals surface area contributed by atoms with E-state index in [2.05, 4.69) is 0 Å². The van der Waals surface area contributed by atoms with Gasteiger partial charge in [0.2, 0.25) is 0 Å². The zero-order valence-electron chi connectivity index (χ0n) is 13.2. The van der Waals surface area contributed by atoms with Gasteiger partial charge in [-0.2, -0.15) is 0 Å². The normalized spacial score (nSPS) is 11.1. The molecule has 0 heterocycles. The quantitative estimate of drug-likeness (QED) is 0.810. The van der Waals surface area contributed by atoms with Gasteiger partial charge in [0.25, 0.3) is 0 Å². The third kappa shape index (κ3) is 4.29. The number of carbonyl (C=O) groups excluding carboxylic acids is 1. The Kier molecular flexibility index (Phi) is 4.71. The molecule has 23 heavy (non-hydrogen) atoms. The lowest BCUT2D eigenvalue weighted by Gasteiger charge is -2.23. The molecule has 0 radical (unpaired) electrons. The number of ether oxygens (including phenoxy) is 2. The highest BCUT2D eigenvalue weighted by atomic mass is 35.5. The number of primary amides is 1. The largest absolute Gasteiger partial charge is 0.455 e. The molecule has 5 nitrogen and oxygen atoms in total. The maximum atomic E-state index is 10.9. The SMILES string of the molecule is CC(C)(C)c1ccc(OC(N)=O)cc1Oc1ccc(N)cc1Cl. The monoisotopic (exact) mass is 334 g/mol. The smallest absolute Gasteiger partial charge is 0.409 e. The molecule has 1 amide bonds. The molecule has 0 spiro atoms. The van der Waals surface area contributed by atoms with Crippen LogP contribution in [0, 0.1) is 0 Å². The summed E-state index contributed by atoms with van der Waals surface area (Å²) < 4.78 is 10.8. The Morgan fingerprint density at radius 3 is 2.35 bits per heavy atom. The number of nitrogen functional groups attached to an aromatic ring is 1. The first-order chi connectivity index (χ1) is 10.7. The molecule has 122 valence electrons. The first kappa shape index (κ1) is 17.0. The zero-order chi connectivity index (χ0) is 17.2. The van der Waals surface area contributed by atoms with E-state index in [1.807, 2.05) is 26.8 Å². The van der Waals surface area contributed by atoms with Gasteiger partial charge in [-0.25, -0.2) is 4.79 Å². The molecule has 2 aromatic carbocycles. The number of halogens is 1. The molecule has 0 aliphatic rings. The Labute approximate surface area is 140 Å². The third-order valence-electron chi connectivity index (χ3n) is 3.16. The molecular weight excluding hydrogens is 316 g/mol. The average molecular weight is 335 g/mol. The Balaban J connectivity index is 2.46. The second-order valence-electron chi connectivity index (χ2n) is 6.12. The van der Waals surface area contributed by atoms with Gasteiger partial charge in [-0.1, -0.05) is 38.4 Å². The van der Waals surface area contributed by atoms with Crippen molar-refractivity contribution in [3.63, 3.8) is 0 Å². The molecule has 0 saturated heterocycles. The van der Waals surface area contributed by atoms with Crippen LogP contribution in [0.25, 0.3) is 0 Å². The van der Waals surface area contributed by atoms with Crippen LogP contribution in [-0.4, -0.2) is 6.09 Å². The van der Waals surface area contributed by atoms with Gasteiger partial charge in [0.15, 0.2) is 0 Å². The van der Waals surface area contributed by atoms with Gasteiger partial charge >= 0.3 is 6.09 Å². The summed E-state index contributed by atoms with van der Waals surface area (Å²) in [6, 6.07) is 10.1. The summed E-state index contributed by atoms with van der Waals surface area (Å²) in [5.41, 5.74) is 12.0. The van der Waals surface area contributed by atoms with E-state index in [9.17, 15) is 4.79 Å². The van der Waals surface area contributed by atoms with Crippen molar-refractivity contribution < 1.29 is 14.3 Å². The minimum atomic E-state index is -0.884. The van der Waals surface area contributed by atoms with Crippen molar-refractivity contribution in [2.24, 2.45) is 5.73 Å². The van der Waals surface area contributed by atoms with Gasteiger partial charge in [-0.05, 0) is 29.7 Å². The Hall–Kier alpha value is -2.40. The fraction of sp³-hybridized carbons (Fsp3) is 0.235. The van der Waals surface area contributed by atoms with E-state index in [1.165, 1.54) is 0 Å². The van der Waals surface area contributed by atoms with E-state index < -0.39 is 6.09 Å². The zero-order valence-corrected chi connectivity index (χ0v) is 14.0. The van der Waals surface area contributed by atoms with Crippen LogP contribution in [0.3, 0.4) is 0 Å². The summed E-state index contributed by atoms with van der Waals surface area (Å²) in [5, 5.41) is 0.395. The molecule has 0 fully saturated rings. The fourth-order valence-corrected chi connectivity index (χ4v) is 2.33. The minimum absolute atomic E-state index is 0.180. The second-order valence-corrected chi connectivity index (χ2v) is 6.53. The molecule has 0 aliphatic heterocycles. The van der Waals surface area contributed by atoms with Crippen molar-refractivity contribution in [1.82, 2.24) is 0 Å². The highest BCUT2D eigenvalue weighted by molar-refractivity contribution is 6.32. The molecule has 2 aromatic rings. The topological polar surface area (TPSA) is 87.6 Å². The highest BCUT2D eigenvalue weighted by Gasteiger charge is 2.21. The van der Waals surface area contributed by atoms with E-state index in [-0.39, 0.29) is 5.41 Å². The predicted molar refractivity (Wildman–Crippen MR) is 91.3 cm³/mol. The lowest BCUT2D eigenvalue weighted by atomic mass is 9.86. The highest BCUT2D eigenvalue weighted by Crippen LogP contribution is 2.39. The predicted octanol–water partition coefficient (Wildman–Crippen LogP) is 4.47. The van der Waals surface area contributed by atoms with Crippen LogP contribution in [0.4, 0.5) is 10.5 Å². The van der Waals surface area contributed by atoms with Gasteiger partial charge in [0, 0.05) is 17.3 Å². The van der Waals surface area contributed by atoms with E-state index in [0.29, 0.717) is 28.0 Å². The second kappa shape index (κ2) is 6.38. The lowest BCUT2D eigenvalue weighted by Crippen LogP contribution is -2.17. The summed E-state index contributed by atoms with van der Waals surface area (Å²) in [5.74, 6) is 1.29. The molecule has 0 aromatic heterocycles. The Bertz CT molecular complexity index is 739. The van der Waals surface area contributed by atoms with Gasteiger partial charge < -0.3 is 20.9 Å². The van der Waals surface area contributed by atoms with Crippen LogP contribution in [0.5, 0.6) is 17.2 Å². The van der Waals surface area contributed by atoms with Crippen LogP contribution >= 0.6 is 11.6 Å². The third-order valence-corrected chi connectivity index (χ3v) is 3.45. The summed E-state index contributed by atoms with van der Waals surface area (Å²) in [4.78, 5) is 10.9. The number of hydrogen-bond donors (Lipinski definition) is 2. The number of amides is 1. The van der Waals surface area contributed by atoms with Crippen LogP contribution in [0.1, 0.15) is 26.3 Å². The summed E-state index contributed by atoms with van der Waals surface area (Å²) in [6.45, 7) is 6.15. The molecule has 0 bridgehead atoms. The molecule has 0 saturated carbocycles. The number of benzene rings is 2. The fourth-order valence-electron chi connectivity index (χ4n) is 2.10. The number of anilines is 1. The first-order valence-electron chi connectivity index (χ1n) is 7.01. The van der Waals surface area contributed by atoms with Crippen LogP contribution in [0.2, 0.25) is 5.02 Å². The van der Waals surface area contributed by atoms with Crippen molar-refractivity contribution in [1.29, 1.82) is 0 Å². The molecule has 0 unspecified atom stereocenters. The number of rotatable bonds is 3. The van der Waals surface area contributed by atoms with Gasteiger partial charge in [-0.3, -0.25) is 0 Å². The van der Waals surface area contributed by atoms with Gasteiger partial charge in [0.1, 0.15) is 17.2 Å². The first-order valence-corrected chi connectivity index (χ1v) is 7.39. The lowest BCUT2D eigenvalue weighted by molar-refractivity contribution is 0.210. The van der Waals surface area contributed by atoms with Crippen LogP contribution in [-0.2, 0) is 5.41 Å². The van der Waals surface area contributed by atoms with E-state index in [4.69, 9.17) is 32.5 Å². The van der Waals surface area contributed by atoms with E-state index in [0.717, 1.165) is 5.56 Å². The van der Waals surface area contributed by atoms with E-state index >= 15 is 0 Å². The number of carbonyl (C=O) groups is 1. The number of nitrogens with two attached hydrogens (primary N) is 2. The van der Waals surface area contributed by atoms with Crippen molar-refractivity contribution in [2.45, 2.75) is 26.2 Å². The average Bonchev–Trinajstić information content (AvgIpc) is 2.40. The van der Waals surface area contributed by atoms with E-state index in [1.54, 1.807) is 30.3 Å². The Morgan fingerprint density at radius 2 is 1.78 bits per heavy atom. The Morgan fingerprint density at radius 1 is 1.09 bits per heavy atom. The van der Waals surface area contributed by atoms with Crippen molar-refractivity contribution in [3.05, 3.63) is 47.0 Å². The van der Waals surface area contributed by atoms with Gasteiger partial charge in [-0.15, -0.1) is 0 Å². The standard InChI is InChI=1S/C17H19ClN2O3/c1-17(2,3)12-6-5-11(22-16(20)21)9-15(12)23-14-7-4-10(19)8-13(14)18/h4-9H,19H2,1-3H3,(H2,20,21). The molecular formula is C17H19ClN2O3. The van der Waals surface area contributed by atoms with Crippen molar-refractivity contribution >= 4 is 23.4 Å². The van der Waals surface area contributed by atoms with Crippen LogP contribution in [0.15, 0.2) is 36.4 Å². The maximum Gasteiger partial charge on any atom is 0.409 e. The minimum Gasteiger partial charge on any atom is -0.455 e. The molecule has 4 N–H and O–H groups in total. The van der Waals surface area contributed by atoms with Crippen molar-refractivity contribution in [2.75, 3.05) is 5.73 Å². The molecule has 2 rings (SSSR count).